The topological polar surface area (TPSA) is 13.1 Å². The lowest BCUT2D eigenvalue weighted by Crippen LogP contribution is -1.99. The average Bonchev–Trinajstić information content (AvgIpc) is 2.72. The van der Waals surface area contributed by atoms with Gasteiger partial charge < -0.3 is 4.42 Å². The third kappa shape index (κ3) is 2.24. The predicted molar refractivity (Wildman–Crippen MR) is 61.3 cm³/mol. The van der Waals surface area contributed by atoms with Gasteiger partial charge in [-0.05, 0) is 24.1 Å². The van der Waals surface area contributed by atoms with Gasteiger partial charge in [-0.2, -0.15) is 0 Å². The maximum absolute atomic E-state index is 5.34. The standard InChI is InChI=1S/C12H13OP/c1-14(10-11-6-5-9-13-11)12-7-3-2-4-8-12/h2-9H,10H2,1H3. The predicted octanol–water partition coefficient (Wildman–Crippen LogP) is 3.22. The Morgan fingerprint density at radius 2 is 1.86 bits per heavy atom. The van der Waals surface area contributed by atoms with Crippen LogP contribution in [0.15, 0.2) is 53.1 Å². The Labute approximate surface area is 85.5 Å². The van der Waals surface area contributed by atoms with Crippen LogP contribution in [-0.2, 0) is 6.16 Å². The number of hydrogen-bond acceptors (Lipinski definition) is 1. The second kappa shape index (κ2) is 4.43. The zero-order valence-electron chi connectivity index (χ0n) is 8.18. The van der Waals surface area contributed by atoms with Crippen LogP contribution in [0.4, 0.5) is 0 Å². The molecule has 0 radical (unpaired) electrons. The highest BCUT2D eigenvalue weighted by Gasteiger charge is 2.06. The van der Waals surface area contributed by atoms with Crippen molar-refractivity contribution in [3.05, 3.63) is 54.5 Å². The molecule has 0 fully saturated rings. The minimum atomic E-state index is -0.120. The van der Waals surface area contributed by atoms with Crippen molar-refractivity contribution in [2.75, 3.05) is 6.66 Å². The molecule has 0 N–H and O–H groups in total. The van der Waals surface area contributed by atoms with Gasteiger partial charge in [0.1, 0.15) is 5.76 Å². The number of furan rings is 1. The maximum Gasteiger partial charge on any atom is 0.108 e. The zero-order chi connectivity index (χ0) is 9.80. The van der Waals surface area contributed by atoms with Gasteiger partial charge >= 0.3 is 0 Å². The summed E-state index contributed by atoms with van der Waals surface area (Å²) < 4.78 is 5.34. The molecule has 2 rings (SSSR count). The first-order valence-corrected chi connectivity index (χ1v) is 6.62. The van der Waals surface area contributed by atoms with E-state index in [1.807, 2.05) is 12.1 Å². The van der Waals surface area contributed by atoms with Crippen molar-refractivity contribution in [3.8, 4) is 0 Å². The van der Waals surface area contributed by atoms with E-state index in [9.17, 15) is 0 Å². The highest BCUT2D eigenvalue weighted by Crippen LogP contribution is 2.34. The molecule has 0 saturated heterocycles. The van der Waals surface area contributed by atoms with Gasteiger partial charge in [-0.3, -0.25) is 0 Å². The van der Waals surface area contributed by atoms with Crippen LogP contribution in [0.5, 0.6) is 0 Å². The Hall–Kier alpha value is -1.07. The highest BCUT2D eigenvalue weighted by molar-refractivity contribution is 7.64. The maximum atomic E-state index is 5.34. The SMILES string of the molecule is CP(Cc1ccco1)c1ccccc1. The van der Waals surface area contributed by atoms with Crippen molar-refractivity contribution in [1.82, 2.24) is 0 Å². The second-order valence-electron chi connectivity index (χ2n) is 3.27. The summed E-state index contributed by atoms with van der Waals surface area (Å²) in [7, 11) is -0.120. The molecule has 1 nitrogen and oxygen atoms in total. The van der Waals surface area contributed by atoms with Crippen molar-refractivity contribution in [3.63, 3.8) is 0 Å². The normalized spacial score (nSPS) is 12.6. The molecule has 2 aromatic rings. The van der Waals surface area contributed by atoms with Crippen LogP contribution in [0.25, 0.3) is 0 Å². The molecule has 0 aliphatic heterocycles. The van der Waals surface area contributed by atoms with Crippen LogP contribution in [0.2, 0.25) is 0 Å². The molecule has 14 heavy (non-hydrogen) atoms. The molecule has 0 aliphatic carbocycles. The van der Waals surface area contributed by atoms with Gasteiger partial charge in [0.2, 0.25) is 0 Å². The first-order valence-electron chi connectivity index (χ1n) is 4.65. The summed E-state index contributed by atoms with van der Waals surface area (Å²) in [5.41, 5.74) is 0. The summed E-state index contributed by atoms with van der Waals surface area (Å²) in [6.45, 7) is 2.28. The van der Waals surface area contributed by atoms with Gasteiger partial charge in [0.25, 0.3) is 0 Å². The quantitative estimate of drug-likeness (QED) is 0.699. The van der Waals surface area contributed by atoms with Gasteiger partial charge in [0.05, 0.1) is 6.26 Å². The average molecular weight is 204 g/mol. The lowest BCUT2D eigenvalue weighted by atomic mass is 10.4. The fourth-order valence-corrected chi connectivity index (χ4v) is 2.92. The first kappa shape index (κ1) is 9.48. The number of rotatable bonds is 3. The van der Waals surface area contributed by atoms with Gasteiger partial charge in [-0.15, -0.1) is 0 Å². The fourth-order valence-electron chi connectivity index (χ4n) is 1.41. The summed E-state index contributed by atoms with van der Waals surface area (Å²) in [5.74, 6) is 1.09. The number of hydrogen-bond donors (Lipinski definition) is 0. The Morgan fingerprint density at radius 1 is 1.07 bits per heavy atom. The third-order valence-corrected chi connectivity index (χ3v) is 4.14. The molecule has 0 aliphatic rings. The molecule has 2 heteroatoms. The summed E-state index contributed by atoms with van der Waals surface area (Å²) in [5, 5.41) is 1.43. The monoisotopic (exact) mass is 204 g/mol. The molecule has 0 saturated carbocycles. The van der Waals surface area contributed by atoms with E-state index in [1.165, 1.54) is 5.30 Å². The molecular formula is C12H13OP. The summed E-state index contributed by atoms with van der Waals surface area (Å²) >= 11 is 0. The molecule has 72 valence electrons. The summed E-state index contributed by atoms with van der Waals surface area (Å²) in [6, 6.07) is 14.6. The van der Waals surface area contributed by atoms with Crippen molar-refractivity contribution < 1.29 is 4.42 Å². The Kier molecular flexibility index (Phi) is 3.00. The van der Waals surface area contributed by atoms with E-state index in [0.29, 0.717) is 0 Å². The van der Waals surface area contributed by atoms with Gasteiger partial charge in [0, 0.05) is 6.16 Å². The van der Waals surface area contributed by atoms with Gasteiger partial charge in [-0.25, -0.2) is 0 Å². The third-order valence-electron chi connectivity index (χ3n) is 2.17. The van der Waals surface area contributed by atoms with Crippen molar-refractivity contribution in [2.45, 2.75) is 6.16 Å². The minimum Gasteiger partial charge on any atom is -0.469 e. The lowest BCUT2D eigenvalue weighted by molar-refractivity contribution is 0.529. The molecular weight excluding hydrogens is 191 g/mol. The van der Waals surface area contributed by atoms with Crippen LogP contribution < -0.4 is 5.30 Å². The van der Waals surface area contributed by atoms with Crippen molar-refractivity contribution >= 4 is 13.2 Å². The smallest absolute Gasteiger partial charge is 0.108 e. The van der Waals surface area contributed by atoms with Crippen LogP contribution in [-0.4, -0.2) is 6.66 Å². The lowest BCUT2D eigenvalue weighted by Gasteiger charge is -2.10. The van der Waals surface area contributed by atoms with E-state index in [4.69, 9.17) is 4.42 Å². The van der Waals surface area contributed by atoms with Gasteiger partial charge in [-0.1, -0.05) is 38.3 Å². The largest absolute Gasteiger partial charge is 0.469 e. The van der Waals surface area contributed by atoms with Crippen LogP contribution >= 0.6 is 7.92 Å². The Bertz CT molecular complexity index is 366. The highest BCUT2D eigenvalue weighted by atomic mass is 31.1. The molecule has 1 aromatic heterocycles. The number of benzene rings is 1. The Balaban J connectivity index is 2.07. The van der Waals surface area contributed by atoms with E-state index >= 15 is 0 Å². The van der Waals surface area contributed by atoms with Crippen molar-refractivity contribution in [2.24, 2.45) is 0 Å². The first-order chi connectivity index (χ1) is 6.86. The van der Waals surface area contributed by atoms with Crippen LogP contribution in [0.1, 0.15) is 5.76 Å². The van der Waals surface area contributed by atoms with E-state index < -0.39 is 0 Å². The second-order valence-corrected chi connectivity index (χ2v) is 5.50. The molecule has 1 aromatic carbocycles. The zero-order valence-corrected chi connectivity index (χ0v) is 9.08. The van der Waals surface area contributed by atoms with Gasteiger partial charge in [0.15, 0.2) is 0 Å². The minimum absolute atomic E-state index is 0.120. The Morgan fingerprint density at radius 3 is 2.50 bits per heavy atom. The molecule has 1 atom stereocenters. The molecule has 1 heterocycles. The van der Waals surface area contributed by atoms with E-state index in [2.05, 4.69) is 37.0 Å². The van der Waals surface area contributed by atoms with Crippen LogP contribution in [0, 0.1) is 0 Å². The summed E-state index contributed by atoms with van der Waals surface area (Å²) in [6.07, 6.45) is 2.77. The van der Waals surface area contributed by atoms with E-state index in [0.717, 1.165) is 11.9 Å². The van der Waals surface area contributed by atoms with E-state index in [1.54, 1.807) is 6.26 Å². The molecule has 0 bridgehead atoms. The summed E-state index contributed by atoms with van der Waals surface area (Å²) in [4.78, 5) is 0. The fraction of sp³-hybridized carbons (Fsp3) is 0.167. The molecule has 0 spiro atoms. The van der Waals surface area contributed by atoms with E-state index in [-0.39, 0.29) is 7.92 Å². The van der Waals surface area contributed by atoms with Crippen molar-refractivity contribution in [1.29, 1.82) is 0 Å². The molecule has 0 amide bonds. The van der Waals surface area contributed by atoms with Crippen LogP contribution in [0.3, 0.4) is 0 Å². The molecule has 1 unspecified atom stereocenters.